The van der Waals surface area contributed by atoms with Crippen molar-refractivity contribution in [3.63, 3.8) is 0 Å². The van der Waals surface area contributed by atoms with Gasteiger partial charge in [0.25, 0.3) is 11.8 Å². The van der Waals surface area contributed by atoms with Crippen LogP contribution in [0.3, 0.4) is 0 Å². The number of rotatable bonds is 6. The molecule has 0 aliphatic heterocycles. The molecule has 2 amide bonds. The van der Waals surface area contributed by atoms with Crippen molar-refractivity contribution in [1.82, 2.24) is 5.32 Å². The second kappa shape index (κ2) is 8.13. The normalized spacial score (nSPS) is 11.1. The molecule has 0 atom stereocenters. The summed E-state index contributed by atoms with van der Waals surface area (Å²) in [6.07, 6.45) is 2.33. The molecule has 3 aromatic rings. The van der Waals surface area contributed by atoms with E-state index in [1.165, 1.54) is 6.26 Å². The fourth-order valence-electron chi connectivity index (χ4n) is 2.69. The number of hydrogen-bond donors (Lipinski definition) is 2. The molecule has 0 aliphatic rings. The minimum atomic E-state index is -0.340. The fraction of sp³-hybridized carbons (Fsp3) is 0.217. The lowest BCUT2D eigenvalue weighted by Crippen LogP contribution is -2.42. The van der Waals surface area contributed by atoms with E-state index in [4.69, 9.17) is 4.42 Å². The molecule has 3 rings (SSSR count). The zero-order valence-corrected chi connectivity index (χ0v) is 16.3. The van der Waals surface area contributed by atoms with Crippen LogP contribution in [-0.2, 0) is 0 Å². The Kier molecular flexibility index (Phi) is 5.64. The Hall–Kier alpha value is -3.34. The molecular weight excluding hydrogens is 352 g/mol. The van der Waals surface area contributed by atoms with Gasteiger partial charge in [-0.25, -0.2) is 0 Å². The van der Waals surface area contributed by atoms with E-state index in [9.17, 15) is 9.59 Å². The van der Waals surface area contributed by atoms with Gasteiger partial charge < -0.3 is 15.1 Å². The van der Waals surface area contributed by atoms with Crippen LogP contribution >= 0.6 is 0 Å². The molecule has 2 aromatic carbocycles. The van der Waals surface area contributed by atoms with Crippen molar-refractivity contribution in [2.24, 2.45) is 0 Å². The van der Waals surface area contributed by atoms with Crippen molar-refractivity contribution in [3.05, 3.63) is 78.3 Å². The lowest BCUT2D eigenvalue weighted by Gasteiger charge is -2.24. The second-order valence-corrected chi connectivity index (χ2v) is 7.25. The van der Waals surface area contributed by atoms with E-state index in [1.54, 1.807) is 30.3 Å². The molecule has 0 spiro atoms. The Morgan fingerprint density at radius 3 is 2.25 bits per heavy atom. The maximum Gasteiger partial charge on any atom is 0.292 e. The number of furan rings is 1. The largest absolute Gasteiger partial charge is 0.459 e. The van der Waals surface area contributed by atoms with Gasteiger partial charge in [-0.2, -0.15) is 0 Å². The highest BCUT2D eigenvalue weighted by Gasteiger charge is 2.19. The van der Waals surface area contributed by atoms with Crippen molar-refractivity contribution in [2.45, 2.75) is 32.7 Å². The van der Waals surface area contributed by atoms with Gasteiger partial charge in [0.15, 0.2) is 5.76 Å². The van der Waals surface area contributed by atoms with Crippen LogP contribution in [-0.4, -0.2) is 17.4 Å². The van der Waals surface area contributed by atoms with E-state index in [1.807, 2.05) is 51.1 Å². The van der Waals surface area contributed by atoms with E-state index in [0.29, 0.717) is 11.3 Å². The fourth-order valence-corrected chi connectivity index (χ4v) is 2.69. The number of carbonyl (C=O) groups is 2. The molecule has 0 aliphatic carbocycles. The number of benzene rings is 2. The molecule has 0 saturated carbocycles. The molecule has 144 valence electrons. The highest BCUT2D eigenvalue weighted by Crippen LogP contribution is 2.25. The summed E-state index contributed by atoms with van der Waals surface area (Å²) in [7, 11) is 0. The van der Waals surface area contributed by atoms with E-state index in [2.05, 4.69) is 10.6 Å². The summed E-state index contributed by atoms with van der Waals surface area (Å²) in [6, 6.07) is 18.2. The minimum Gasteiger partial charge on any atom is -0.459 e. The van der Waals surface area contributed by atoms with Crippen LogP contribution in [0.15, 0.2) is 71.3 Å². The third-order valence-corrected chi connectivity index (χ3v) is 4.70. The molecule has 0 fully saturated rings. The monoisotopic (exact) mass is 376 g/mol. The minimum absolute atomic E-state index is 0.137. The van der Waals surface area contributed by atoms with Crippen LogP contribution in [0.4, 0.5) is 5.69 Å². The van der Waals surface area contributed by atoms with Crippen LogP contribution in [0.1, 0.15) is 48.1 Å². The van der Waals surface area contributed by atoms with E-state index in [0.717, 1.165) is 17.5 Å². The molecule has 28 heavy (non-hydrogen) atoms. The summed E-state index contributed by atoms with van der Waals surface area (Å²) < 4.78 is 5.41. The molecule has 5 nitrogen and oxygen atoms in total. The maximum atomic E-state index is 12.6. The highest BCUT2D eigenvalue weighted by molar-refractivity contribution is 6.06. The van der Waals surface area contributed by atoms with Gasteiger partial charge in [0.2, 0.25) is 0 Å². The van der Waals surface area contributed by atoms with Gasteiger partial charge in [0.05, 0.1) is 6.26 Å². The molecule has 1 heterocycles. The van der Waals surface area contributed by atoms with Crippen molar-refractivity contribution in [1.29, 1.82) is 0 Å². The van der Waals surface area contributed by atoms with Gasteiger partial charge in [-0.3, -0.25) is 9.59 Å². The molecule has 0 saturated heterocycles. The average molecular weight is 376 g/mol. The highest BCUT2D eigenvalue weighted by atomic mass is 16.3. The Balaban J connectivity index is 1.71. The van der Waals surface area contributed by atoms with Crippen LogP contribution in [0.5, 0.6) is 0 Å². The van der Waals surface area contributed by atoms with Gasteiger partial charge in [-0.15, -0.1) is 0 Å². The molecule has 0 bridgehead atoms. The van der Waals surface area contributed by atoms with Gasteiger partial charge in [-0.05, 0) is 56.2 Å². The van der Waals surface area contributed by atoms with E-state index in [-0.39, 0.29) is 23.1 Å². The molecular formula is C23H24N2O3. The second-order valence-electron chi connectivity index (χ2n) is 7.25. The molecule has 0 unspecified atom stereocenters. The first kappa shape index (κ1) is 19.4. The van der Waals surface area contributed by atoms with Crippen molar-refractivity contribution < 1.29 is 14.0 Å². The van der Waals surface area contributed by atoms with E-state index < -0.39 is 0 Å². The molecule has 0 radical (unpaired) electrons. The zero-order chi connectivity index (χ0) is 20.1. The number of hydrogen-bond acceptors (Lipinski definition) is 3. The molecule has 1 aromatic heterocycles. The van der Waals surface area contributed by atoms with Crippen LogP contribution in [0.25, 0.3) is 11.1 Å². The Labute approximate surface area is 164 Å². The lowest BCUT2D eigenvalue weighted by molar-refractivity contribution is 0.0910. The van der Waals surface area contributed by atoms with E-state index >= 15 is 0 Å². The average Bonchev–Trinajstić information content (AvgIpc) is 3.19. The van der Waals surface area contributed by atoms with Crippen LogP contribution < -0.4 is 10.6 Å². The summed E-state index contributed by atoms with van der Waals surface area (Å²) in [5, 5.41) is 5.80. The molecule has 2 N–H and O–H groups in total. The van der Waals surface area contributed by atoms with Gasteiger partial charge in [0.1, 0.15) is 0 Å². The Morgan fingerprint density at radius 1 is 0.929 bits per heavy atom. The zero-order valence-electron chi connectivity index (χ0n) is 16.3. The first-order valence-corrected chi connectivity index (χ1v) is 9.26. The van der Waals surface area contributed by atoms with Crippen LogP contribution in [0.2, 0.25) is 0 Å². The Bertz CT molecular complexity index is 957. The first-order valence-electron chi connectivity index (χ1n) is 9.26. The predicted octanol–water partition coefficient (Wildman–Crippen LogP) is 5.12. The van der Waals surface area contributed by atoms with Crippen molar-refractivity contribution in [3.8, 4) is 11.1 Å². The molecule has 5 heteroatoms. The quantitative estimate of drug-likeness (QED) is 0.627. The third kappa shape index (κ3) is 4.49. The van der Waals surface area contributed by atoms with Crippen LogP contribution in [0, 0.1) is 0 Å². The van der Waals surface area contributed by atoms with Gasteiger partial charge >= 0.3 is 0 Å². The lowest BCUT2D eigenvalue weighted by atomic mass is 10.0. The number of amides is 2. The predicted molar refractivity (Wildman–Crippen MR) is 110 cm³/mol. The number of anilines is 1. The maximum absolute atomic E-state index is 12.6. The summed E-state index contributed by atoms with van der Waals surface area (Å²) >= 11 is 0. The summed E-state index contributed by atoms with van der Waals surface area (Å²) in [4.78, 5) is 25.0. The third-order valence-electron chi connectivity index (χ3n) is 4.70. The van der Waals surface area contributed by atoms with Gasteiger partial charge in [0, 0.05) is 22.4 Å². The number of carbonyl (C=O) groups excluding carboxylic acids is 2. The standard InChI is InChI=1S/C23H24N2O3/c1-4-23(2,3)25-21(26)17-10-12-18(13-11-17)24-22(27)20-19(14-15-28-20)16-8-6-5-7-9-16/h5-15H,4H2,1-3H3,(H,24,27)(H,25,26). The summed E-state index contributed by atoms with van der Waals surface area (Å²) in [6.45, 7) is 5.98. The summed E-state index contributed by atoms with van der Waals surface area (Å²) in [5.41, 5.74) is 2.51. The smallest absolute Gasteiger partial charge is 0.292 e. The first-order chi connectivity index (χ1) is 13.4. The van der Waals surface area contributed by atoms with Crippen molar-refractivity contribution >= 4 is 17.5 Å². The van der Waals surface area contributed by atoms with Gasteiger partial charge in [-0.1, -0.05) is 37.3 Å². The topological polar surface area (TPSA) is 71.3 Å². The Morgan fingerprint density at radius 2 is 1.61 bits per heavy atom. The number of nitrogens with one attached hydrogen (secondary N) is 2. The van der Waals surface area contributed by atoms with Crippen molar-refractivity contribution in [2.75, 3.05) is 5.32 Å². The SMILES string of the molecule is CCC(C)(C)NC(=O)c1ccc(NC(=O)c2occc2-c2ccccc2)cc1. The summed E-state index contributed by atoms with van der Waals surface area (Å²) in [5.74, 6) is -0.229.